The molecule has 0 spiro atoms. The molecule has 3 aromatic rings. The molecule has 0 bridgehead atoms. The van der Waals surface area contributed by atoms with Crippen molar-refractivity contribution in [1.82, 2.24) is 9.78 Å². The van der Waals surface area contributed by atoms with Gasteiger partial charge in [0.05, 0.1) is 35.7 Å². The maximum absolute atomic E-state index is 13.6. The minimum Gasteiger partial charge on any atom is -0.309 e. The smallest absolute Gasteiger partial charge is 0.309 e. The van der Waals surface area contributed by atoms with Gasteiger partial charge in [-0.1, -0.05) is 12.1 Å². The Morgan fingerprint density at radius 1 is 1.03 bits per heavy atom. The van der Waals surface area contributed by atoms with E-state index in [0.717, 1.165) is 21.9 Å². The largest absolute Gasteiger partial charge is 0.435 e. The second kappa shape index (κ2) is 11.5. The van der Waals surface area contributed by atoms with Crippen LogP contribution >= 0.6 is 7.60 Å². The van der Waals surface area contributed by atoms with Crippen LogP contribution in [0.25, 0.3) is 16.9 Å². The number of nitrogens with two attached hydrogens (primary N) is 1. The molecule has 3 rings (SSSR count). The molecule has 0 saturated carbocycles. The van der Waals surface area contributed by atoms with E-state index in [1.165, 1.54) is 24.3 Å². The fourth-order valence-corrected chi connectivity index (χ4v) is 6.00. The summed E-state index contributed by atoms with van der Waals surface area (Å²) in [5.74, 6) is 0. The summed E-state index contributed by atoms with van der Waals surface area (Å²) in [7, 11) is -7.18. The lowest BCUT2D eigenvalue weighted by atomic mass is 9.99. The summed E-state index contributed by atoms with van der Waals surface area (Å²) in [6.45, 7) is 5.87. The van der Waals surface area contributed by atoms with Gasteiger partial charge in [0, 0.05) is 5.56 Å². The van der Waals surface area contributed by atoms with Gasteiger partial charge in [0.2, 0.25) is 10.0 Å². The number of aromatic nitrogens is 2. The Bertz CT molecular complexity index is 1380. The number of halogens is 3. The van der Waals surface area contributed by atoms with Gasteiger partial charge < -0.3 is 9.05 Å². The molecule has 8 nitrogen and oxygen atoms in total. The van der Waals surface area contributed by atoms with Crippen molar-refractivity contribution in [2.45, 2.75) is 44.7 Å². The molecule has 0 aliphatic carbocycles. The van der Waals surface area contributed by atoms with Crippen LogP contribution in [0.4, 0.5) is 13.2 Å². The fraction of sp³-hybridized carbons (Fsp3) is 0.375. The molecule has 202 valence electrons. The van der Waals surface area contributed by atoms with Gasteiger partial charge in [0.25, 0.3) is 0 Å². The molecule has 0 unspecified atom stereocenters. The molecule has 1 aromatic heterocycles. The molecule has 0 atom stereocenters. The molecule has 0 saturated heterocycles. The summed E-state index contributed by atoms with van der Waals surface area (Å²) < 4.78 is 88.3. The van der Waals surface area contributed by atoms with Gasteiger partial charge in [-0.05, 0) is 81.1 Å². The Kier molecular flexibility index (Phi) is 9.02. The van der Waals surface area contributed by atoms with Crippen LogP contribution in [0, 0.1) is 6.92 Å². The minimum atomic E-state index is -4.69. The zero-order valence-electron chi connectivity index (χ0n) is 20.7. The molecular formula is C24H29F3N3O5PS. The summed E-state index contributed by atoms with van der Waals surface area (Å²) in [5, 5.41) is 8.88. The average Bonchev–Trinajstić information content (AvgIpc) is 3.26. The molecular weight excluding hydrogens is 530 g/mol. The van der Waals surface area contributed by atoms with E-state index in [-0.39, 0.29) is 35.7 Å². The third-order valence-corrected chi connectivity index (χ3v) is 8.68. The number of primary sulfonamides is 1. The van der Waals surface area contributed by atoms with E-state index in [1.807, 2.05) is 6.92 Å². The van der Waals surface area contributed by atoms with Crippen LogP contribution in [0.15, 0.2) is 53.4 Å². The molecule has 1 heterocycles. The molecule has 0 fully saturated rings. The number of hydrogen-bond donors (Lipinski definition) is 1. The highest BCUT2D eigenvalue weighted by Crippen LogP contribution is 2.48. The summed E-state index contributed by atoms with van der Waals surface area (Å²) >= 11 is 0. The van der Waals surface area contributed by atoms with Crippen molar-refractivity contribution in [3.05, 3.63) is 65.4 Å². The lowest BCUT2D eigenvalue weighted by Crippen LogP contribution is -2.12. The first-order valence-corrected chi connectivity index (χ1v) is 14.8. The molecule has 2 N–H and O–H groups in total. The highest BCUT2D eigenvalue weighted by Gasteiger charge is 2.35. The Morgan fingerprint density at radius 3 is 2.19 bits per heavy atom. The van der Waals surface area contributed by atoms with Crippen LogP contribution in [-0.2, 0) is 36.2 Å². The number of alkyl halides is 3. The van der Waals surface area contributed by atoms with Crippen LogP contribution in [0.3, 0.4) is 0 Å². The average molecular weight is 560 g/mol. The summed E-state index contributed by atoms with van der Waals surface area (Å²) in [6.07, 6.45) is -3.48. The second-order valence-electron chi connectivity index (χ2n) is 8.28. The summed E-state index contributed by atoms with van der Waals surface area (Å²) in [6, 6.07) is 11.3. The third-order valence-electron chi connectivity index (χ3n) is 5.58. The number of hydrogen-bond acceptors (Lipinski definition) is 6. The van der Waals surface area contributed by atoms with Crippen molar-refractivity contribution in [1.29, 1.82) is 0 Å². The van der Waals surface area contributed by atoms with Gasteiger partial charge in [-0.25, -0.2) is 18.2 Å². The van der Waals surface area contributed by atoms with Gasteiger partial charge >= 0.3 is 13.8 Å². The third kappa shape index (κ3) is 7.30. The first kappa shape index (κ1) is 29.1. The molecule has 0 amide bonds. The number of nitrogens with zero attached hydrogens (tertiary/aromatic N) is 2. The van der Waals surface area contributed by atoms with E-state index in [0.29, 0.717) is 18.4 Å². The van der Waals surface area contributed by atoms with Crippen molar-refractivity contribution in [3.8, 4) is 16.9 Å². The van der Waals surface area contributed by atoms with Crippen LogP contribution in [0.1, 0.15) is 37.1 Å². The van der Waals surface area contributed by atoms with Crippen LogP contribution < -0.4 is 5.14 Å². The summed E-state index contributed by atoms with van der Waals surface area (Å²) in [5.41, 5.74) is 1.58. The zero-order valence-corrected chi connectivity index (χ0v) is 22.4. The van der Waals surface area contributed by atoms with Gasteiger partial charge in [-0.2, -0.15) is 18.3 Å². The quantitative estimate of drug-likeness (QED) is 0.301. The maximum atomic E-state index is 13.6. The number of rotatable bonds is 11. The molecule has 0 aliphatic rings. The Balaban J connectivity index is 1.97. The molecule has 0 radical (unpaired) electrons. The van der Waals surface area contributed by atoms with Crippen molar-refractivity contribution < 1.29 is 35.2 Å². The van der Waals surface area contributed by atoms with Crippen molar-refractivity contribution in [2.75, 3.05) is 19.4 Å². The number of benzene rings is 2. The standard InChI is InChI=1S/C24H29F3N3O5PS/c1-4-34-36(31,35-5-2)14-6-7-18-15-19(9-8-17(18)3)22-16-23(24(25,26)27)29-30(22)20-10-12-21(13-11-20)37(28,32)33/h8-13,15-16H,4-7,14H2,1-3H3,(H2,28,32,33). The van der Waals surface area contributed by atoms with E-state index in [1.54, 1.807) is 32.0 Å². The SMILES string of the molecule is CCOP(=O)(CCCc1cc(-c2cc(C(F)(F)F)nn2-c2ccc(S(N)(=O)=O)cc2)ccc1C)OCC. The van der Waals surface area contributed by atoms with Crippen molar-refractivity contribution in [2.24, 2.45) is 5.14 Å². The van der Waals surface area contributed by atoms with Crippen LogP contribution in [-0.4, -0.2) is 37.6 Å². The van der Waals surface area contributed by atoms with E-state index in [4.69, 9.17) is 14.2 Å². The molecule has 37 heavy (non-hydrogen) atoms. The van der Waals surface area contributed by atoms with E-state index in [2.05, 4.69) is 5.10 Å². The van der Waals surface area contributed by atoms with Gasteiger partial charge in [-0.15, -0.1) is 0 Å². The van der Waals surface area contributed by atoms with E-state index >= 15 is 0 Å². The molecule has 13 heteroatoms. The Labute approximate surface area is 214 Å². The van der Waals surface area contributed by atoms with Crippen molar-refractivity contribution >= 4 is 17.6 Å². The van der Waals surface area contributed by atoms with E-state index in [9.17, 15) is 26.2 Å². The molecule has 0 aliphatic heterocycles. The highest BCUT2D eigenvalue weighted by atomic mass is 32.2. The van der Waals surface area contributed by atoms with Crippen LogP contribution in [0.2, 0.25) is 0 Å². The normalized spacial score (nSPS) is 12.7. The first-order valence-electron chi connectivity index (χ1n) is 11.6. The van der Waals surface area contributed by atoms with E-state index < -0.39 is 29.5 Å². The predicted octanol–water partition coefficient (Wildman–Crippen LogP) is 5.71. The topological polar surface area (TPSA) is 114 Å². The number of sulfonamides is 1. The van der Waals surface area contributed by atoms with Gasteiger partial charge in [-0.3, -0.25) is 4.57 Å². The highest BCUT2D eigenvalue weighted by molar-refractivity contribution is 7.89. The number of aryl methyl sites for hydroxylation is 2. The van der Waals surface area contributed by atoms with Gasteiger partial charge in [0.15, 0.2) is 5.69 Å². The zero-order chi connectivity index (χ0) is 27.4. The second-order valence-corrected chi connectivity index (χ2v) is 12.0. The maximum Gasteiger partial charge on any atom is 0.435 e. The molecule has 2 aromatic carbocycles. The Morgan fingerprint density at radius 2 is 1.65 bits per heavy atom. The predicted molar refractivity (Wildman–Crippen MR) is 134 cm³/mol. The minimum absolute atomic E-state index is 0.171. The monoisotopic (exact) mass is 559 g/mol. The Hall–Kier alpha value is -2.50. The summed E-state index contributed by atoms with van der Waals surface area (Å²) in [4.78, 5) is -0.171. The lowest BCUT2D eigenvalue weighted by Gasteiger charge is -2.17. The first-order chi connectivity index (χ1) is 17.3. The fourth-order valence-electron chi connectivity index (χ4n) is 3.82. The van der Waals surface area contributed by atoms with Crippen LogP contribution in [0.5, 0.6) is 0 Å². The van der Waals surface area contributed by atoms with Crippen molar-refractivity contribution in [3.63, 3.8) is 0 Å². The van der Waals surface area contributed by atoms with Gasteiger partial charge in [0.1, 0.15) is 0 Å². The lowest BCUT2D eigenvalue weighted by molar-refractivity contribution is -0.141.